The van der Waals surface area contributed by atoms with E-state index in [0.29, 0.717) is 21.0 Å². The normalized spacial score (nSPS) is 12.2. The van der Waals surface area contributed by atoms with Gasteiger partial charge in [0.2, 0.25) is 0 Å². The highest BCUT2D eigenvalue weighted by atomic mass is 79.9. The number of hydrogen-bond donors (Lipinski definition) is 1. The third-order valence-electron chi connectivity index (χ3n) is 3.13. The average molecular weight is 373 g/mol. The second kappa shape index (κ2) is 7.25. The summed E-state index contributed by atoms with van der Waals surface area (Å²) in [7, 11) is 0. The maximum atomic E-state index is 13.2. The SMILES string of the molecule is CCC(N)Cc1ccc(Oc2cc(F)ccc2Br)c(Cl)c1. The zero-order valence-corrected chi connectivity index (χ0v) is 13.9. The number of ether oxygens (including phenoxy) is 1. The quantitative estimate of drug-likeness (QED) is 0.771. The molecular weight excluding hydrogens is 357 g/mol. The lowest BCUT2D eigenvalue weighted by molar-refractivity contribution is 0.473. The number of nitrogens with two attached hydrogens (primary N) is 1. The van der Waals surface area contributed by atoms with Crippen molar-refractivity contribution in [2.24, 2.45) is 5.73 Å². The Morgan fingerprint density at radius 1 is 1.24 bits per heavy atom. The van der Waals surface area contributed by atoms with Crippen molar-refractivity contribution in [1.29, 1.82) is 0 Å². The molecule has 0 aliphatic carbocycles. The molecule has 2 rings (SSSR count). The molecule has 5 heteroatoms. The first-order valence-electron chi connectivity index (χ1n) is 6.66. The molecule has 2 nitrogen and oxygen atoms in total. The smallest absolute Gasteiger partial charge is 0.146 e. The summed E-state index contributed by atoms with van der Waals surface area (Å²) in [6.45, 7) is 2.05. The molecule has 2 aromatic carbocycles. The maximum Gasteiger partial charge on any atom is 0.146 e. The summed E-state index contributed by atoms with van der Waals surface area (Å²) in [5.41, 5.74) is 6.99. The van der Waals surface area contributed by atoms with Gasteiger partial charge in [0, 0.05) is 12.1 Å². The molecule has 2 N–H and O–H groups in total. The molecule has 0 aliphatic rings. The number of halogens is 3. The molecule has 0 saturated heterocycles. The first kappa shape index (κ1) is 16.3. The van der Waals surface area contributed by atoms with Crippen molar-refractivity contribution in [1.82, 2.24) is 0 Å². The molecule has 0 fully saturated rings. The van der Waals surface area contributed by atoms with Crippen molar-refractivity contribution >= 4 is 27.5 Å². The van der Waals surface area contributed by atoms with Gasteiger partial charge in [0.05, 0.1) is 9.50 Å². The van der Waals surface area contributed by atoms with Gasteiger partial charge in [-0.15, -0.1) is 0 Å². The lowest BCUT2D eigenvalue weighted by Crippen LogP contribution is -2.21. The van der Waals surface area contributed by atoms with E-state index in [1.165, 1.54) is 12.1 Å². The van der Waals surface area contributed by atoms with E-state index in [1.807, 2.05) is 19.1 Å². The van der Waals surface area contributed by atoms with Crippen molar-refractivity contribution < 1.29 is 9.13 Å². The Morgan fingerprint density at radius 3 is 2.67 bits per heavy atom. The van der Waals surface area contributed by atoms with Crippen LogP contribution >= 0.6 is 27.5 Å². The largest absolute Gasteiger partial charge is 0.455 e. The van der Waals surface area contributed by atoms with Gasteiger partial charge in [-0.25, -0.2) is 4.39 Å². The molecule has 2 aromatic rings. The number of benzene rings is 2. The van der Waals surface area contributed by atoms with Gasteiger partial charge in [0.1, 0.15) is 17.3 Å². The fourth-order valence-electron chi connectivity index (χ4n) is 1.88. The van der Waals surface area contributed by atoms with Crippen molar-refractivity contribution in [3.05, 3.63) is 57.3 Å². The Morgan fingerprint density at radius 2 is 2.00 bits per heavy atom. The molecule has 1 atom stereocenters. The Kier molecular flexibility index (Phi) is 5.62. The van der Waals surface area contributed by atoms with E-state index in [0.717, 1.165) is 18.4 Å². The minimum absolute atomic E-state index is 0.116. The highest BCUT2D eigenvalue weighted by Crippen LogP contribution is 2.34. The Labute approximate surface area is 137 Å². The lowest BCUT2D eigenvalue weighted by atomic mass is 10.0. The second-order valence-corrected chi connectivity index (χ2v) is 6.08. The predicted molar refractivity (Wildman–Crippen MR) is 87.6 cm³/mol. The van der Waals surface area contributed by atoms with Crippen LogP contribution in [0.5, 0.6) is 11.5 Å². The Hall–Kier alpha value is -1.10. The highest BCUT2D eigenvalue weighted by Gasteiger charge is 2.09. The van der Waals surface area contributed by atoms with Crippen molar-refractivity contribution in [3.63, 3.8) is 0 Å². The van der Waals surface area contributed by atoms with Gasteiger partial charge in [-0.3, -0.25) is 0 Å². The van der Waals surface area contributed by atoms with E-state index in [9.17, 15) is 4.39 Å². The van der Waals surface area contributed by atoms with Crippen molar-refractivity contribution in [2.75, 3.05) is 0 Å². The topological polar surface area (TPSA) is 35.2 Å². The predicted octanol–water partition coefficient (Wildman–Crippen LogP) is 5.31. The summed E-state index contributed by atoms with van der Waals surface area (Å²) in [6, 6.07) is 9.90. The van der Waals surface area contributed by atoms with Crippen LogP contribution in [-0.2, 0) is 6.42 Å². The van der Waals surface area contributed by atoms with Crippen LogP contribution in [0.2, 0.25) is 5.02 Å². The molecule has 0 radical (unpaired) electrons. The van der Waals surface area contributed by atoms with Gasteiger partial charge in [0.25, 0.3) is 0 Å². The van der Waals surface area contributed by atoms with E-state index in [2.05, 4.69) is 15.9 Å². The summed E-state index contributed by atoms with van der Waals surface area (Å²) in [5.74, 6) is 0.501. The third-order valence-corrected chi connectivity index (χ3v) is 4.08. The Bertz CT molecular complexity index is 636. The monoisotopic (exact) mass is 371 g/mol. The van der Waals surface area contributed by atoms with Gasteiger partial charge < -0.3 is 10.5 Å². The van der Waals surface area contributed by atoms with Crippen LogP contribution < -0.4 is 10.5 Å². The van der Waals surface area contributed by atoms with Crippen molar-refractivity contribution in [3.8, 4) is 11.5 Å². The van der Waals surface area contributed by atoms with E-state index in [-0.39, 0.29) is 11.9 Å². The molecule has 0 bridgehead atoms. The standard InChI is InChI=1S/C16H16BrClFNO/c1-2-12(20)7-10-3-6-15(14(18)8-10)21-16-9-11(19)4-5-13(16)17/h3-6,8-9,12H,2,7,20H2,1H3. The fourth-order valence-corrected chi connectivity index (χ4v) is 2.44. The maximum absolute atomic E-state index is 13.2. The summed E-state index contributed by atoms with van der Waals surface area (Å²) in [6.07, 6.45) is 1.67. The minimum Gasteiger partial charge on any atom is -0.455 e. The number of hydrogen-bond acceptors (Lipinski definition) is 2. The molecule has 0 spiro atoms. The highest BCUT2D eigenvalue weighted by molar-refractivity contribution is 9.10. The molecule has 0 saturated carbocycles. The van der Waals surface area contributed by atoms with Crippen LogP contribution in [0.3, 0.4) is 0 Å². The molecule has 0 aliphatic heterocycles. The molecule has 21 heavy (non-hydrogen) atoms. The Balaban J connectivity index is 2.19. The van der Waals surface area contributed by atoms with Gasteiger partial charge in [-0.05, 0) is 58.6 Å². The van der Waals surface area contributed by atoms with Gasteiger partial charge in [-0.1, -0.05) is 24.6 Å². The minimum atomic E-state index is -0.366. The second-order valence-electron chi connectivity index (χ2n) is 4.81. The van der Waals surface area contributed by atoms with Gasteiger partial charge in [-0.2, -0.15) is 0 Å². The zero-order chi connectivity index (χ0) is 15.4. The molecule has 0 aromatic heterocycles. The summed E-state index contributed by atoms with van der Waals surface area (Å²) < 4.78 is 19.6. The fraction of sp³-hybridized carbons (Fsp3) is 0.250. The van der Waals surface area contributed by atoms with Crippen LogP contribution in [0.1, 0.15) is 18.9 Å². The summed E-state index contributed by atoms with van der Waals surface area (Å²) in [4.78, 5) is 0. The lowest BCUT2D eigenvalue weighted by Gasteiger charge is -2.12. The first-order valence-corrected chi connectivity index (χ1v) is 7.83. The van der Waals surface area contributed by atoms with Crippen LogP contribution in [-0.4, -0.2) is 6.04 Å². The van der Waals surface area contributed by atoms with Crippen LogP contribution in [0.15, 0.2) is 40.9 Å². The van der Waals surface area contributed by atoms with Gasteiger partial charge >= 0.3 is 0 Å². The molecule has 1 unspecified atom stereocenters. The number of rotatable bonds is 5. The van der Waals surface area contributed by atoms with E-state index in [4.69, 9.17) is 22.1 Å². The van der Waals surface area contributed by atoms with Crippen molar-refractivity contribution in [2.45, 2.75) is 25.8 Å². The van der Waals surface area contributed by atoms with E-state index < -0.39 is 0 Å². The molecule has 112 valence electrons. The first-order chi connectivity index (χ1) is 9.99. The van der Waals surface area contributed by atoms with Crippen LogP contribution in [0, 0.1) is 5.82 Å². The molecular formula is C16H16BrClFNO. The third kappa shape index (κ3) is 4.43. The van der Waals surface area contributed by atoms with E-state index >= 15 is 0 Å². The molecule has 0 heterocycles. The van der Waals surface area contributed by atoms with Gasteiger partial charge in [0.15, 0.2) is 0 Å². The summed E-state index contributed by atoms with van der Waals surface area (Å²) >= 11 is 9.54. The van der Waals surface area contributed by atoms with E-state index in [1.54, 1.807) is 12.1 Å². The van der Waals surface area contributed by atoms with Crippen LogP contribution in [0.4, 0.5) is 4.39 Å². The average Bonchev–Trinajstić information content (AvgIpc) is 2.45. The zero-order valence-electron chi connectivity index (χ0n) is 11.6. The van der Waals surface area contributed by atoms with Crippen LogP contribution in [0.25, 0.3) is 0 Å². The molecule has 0 amide bonds. The summed E-state index contributed by atoms with van der Waals surface area (Å²) in [5, 5.41) is 0.479.